The minimum absolute atomic E-state index is 0.0922. The van der Waals surface area contributed by atoms with Gasteiger partial charge in [0.15, 0.2) is 5.69 Å². The van der Waals surface area contributed by atoms with Crippen LogP contribution in [0.15, 0.2) is 72.1 Å². The Kier molecular flexibility index (Phi) is 6.85. The number of hydrogen-bond acceptors (Lipinski definition) is 6. The number of benzene rings is 2. The summed E-state index contributed by atoms with van der Waals surface area (Å²) in [5.41, 5.74) is 3.11. The fraction of sp³-hybridized carbons (Fsp3) is 0.160. The number of rotatable bonds is 8. The van der Waals surface area contributed by atoms with Crippen molar-refractivity contribution in [3.8, 4) is 22.7 Å². The van der Waals surface area contributed by atoms with E-state index in [4.69, 9.17) is 9.47 Å². The lowest BCUT2D eigenvalue weighted by molar-refractivity contribution is -0.115. The zero-order valence-electron chi connectivity index (χ0n) is 18.3. The molecule has 168 valence electrons. The Hall–Kier alpha value is -3.91. The van der Waals surface area contributed by atoms with Crippen LogP contribution in [0.5, 0.6) is 5.75 Å². The molecule has 2 aromatic carbocycles. The second-order valence-corrected chi connectivity index (χ2v) is 8.16. The van der Waals surface area contributed by atoms with E-state index in [1.54, 1.807) is 36.1 Å². The van der Waals surface area contributed by atoms with Crippen LogP contribution in [-0.2, 0) is 16.0 Å². The van der Waals surface area contributed by atoms with Crippen molar-refractivity contribution in [2.24, 2.45) is 0 Å². The van der Waals surface area contributed by atoms with Crippen LogP contribution in [0.4, 0.5) is 5.69 Å². The van der Waals surface area contributed by atoms with Gasteiger partial charge in [-0.1, -0.05) is 18.2 Å². The zero-order chi connectivity index (χ0) is 23.2. The highest BCUT2D eigenvalue weighted by atomic mass is 32.1. The van der Waals surface area contributed by atoms with E-state index in [0.29, 0.717) is 23.6 Å². The molecule has 1 amide bonds. The highest BCUT2D eigenvalue weighted by molar-refractivity contribution is 7.10. The molecule has 0 radical (unpaired) electrons. The van der Waals surface area contributed by atoms with E-state index < -0.39 is 5.97 Å². The van der Waals surface area contributed by atoms with Crippen molar-refractivity contribution in [2.45, 2.75) is 13.3 Å². The van der Waals surface area contributed by atoms with Gasteiger partial charge >= 0.3 is 5.97 Å². The number of carbonyl (C=O) groups is 2. The monoisotopic (exact) mass is 461 g/mol. The van der Waals surface area contributed by atoms with Crippen molar-refractivity contribution in [1.82, 2.24) is 9.78 Å². The maximum Gasteiger partial charge on any atom is 0.358 e. The third-order valence-corrected chi connectivity index (χ3v) is 5.74. The topological polar surface area (TPSA) is 82.5 Å². The SMILES string of the molecule is CCOC(=O)c1cc(-c2cccc(NC(=O)Cc3cccs3)c2)n(-c2ccc(OC)cc2)n1. The molecule has 33 heavy (non-hydrogen) atoms. The fourth-order valence-electron chi connectivity index (χ4n) is 3.34. The Morgan fingerprint density at radius 2 is 1.88 bits per heavy atom. The molecule has 0 fully saturated rings. The van der Waals surface area contributed by atoms with Gasteiger partial charge in [0.05, 0.1) is 31.5 Å². The van der Waals surface area contributed by atoms with Crippen LogP contribution in [-0.4, -0.2) is 35.4 Å². The number of aromatic nitrogens is 2. The smallest absolute Gasteiger partial charge is 0.358 e. The summed E-state index contributed by atoms with van der Waals surface area (Å²) in [4.78, 5) is 25.8. The molecule has 0 aliphatic heterocycles. The van der Waals surface area contributed by atoms with Crippen LogP contribution in [0.25, 0.3) is 16.9 Å². The molecule has 0 saturated carbocycles. The highest BCUT2D eigenvalue weighted by Crippen LogP contribution is 2.28. The van der Waals surface area contributed by atoms with Gasteiger partial charge in [0, 0.05) is 16.1 Å². The lowest BCUT2D eigenvalue weighted by Gasteiger charge is -2.10. The van der Waals surface area contributed by atoms with Crippen LogP contribution in [0.1, 0.15) is 22.3 Å². The maximum atomic E-state index is 12.4. The summed E-state index contributed by atoms with van der Waals surface area (Å²) in [6, 6.07) is 20.4. The number of anilines is 1. The molecule has 0 unspecified atom stereocenters. The maximum absolute atomic E-state index is 12.4. The molecular weight excluding hydrogens is 438 g/mol. The number of thiophene rings is 1. The van der Waals surface area contributed by atoms with Crippen LogP contribution in [0.3, 0.4) is 0 Å². The molecule has 4 aromatic rings. The summed E-state index contributed by atoms with van der Waals surface area (Å²) in [6.45, 7) is 2.01. The number of nitrogens with one attached hydrogen (secondary N) is 1. The van der Waals surface area contributed by atoms with E-state index in [1.165, 1.54) is 0 Å². The molecule has 0 saturated heterocycles. The Bertz CT molecular complexity index is 1250. The van der Waals surface area contributed by atoms with Crippen molar-refractivity contribution in [3.63, 3.8) is 0 Å². The lowest BCUT2D eigenvalue weighted by atomic mass is 10.1. The Morgan fingerprint density at radius 3 is 2.58 bits per heavy atom. The highest BCUT2D eigenvalue weighted by Gasteiger charge is 2.18. The lowest BCUT2D eigenvalue weighted by Crippen LogP contribution is -2.13. The van der Waals surface area contributed by atoms with E-state index in [2.05, 4.69) is 10.4 Å². The van der Waals surface area contributed by atoms with Crippen molar-refractivity contribution in [1.29, 1.82) is 0 Å². The first-order chi connectivity index (χ1) is 16.1. The van der Waals surface area contributed by atoms with Gasteiger partial charge in [-0.25, -0.2) is 9.48 Å². The number of hydrogen-bond donors (Lipinski definition) is 1. The van der Waals surface area contributed by atoms with E-state index in [0.717, 1.165) is 16.1 Å². The Labute approximate surface area is 195 Å². The summed E-state index contributed by atoms with van der Waals surface area (Å²) in [7, 11) is 1.60. The molecule has 0 bridgehead atoms. The molecule has 2 aromatic heterocycles. The summed E-state index contributed by atoms with van der Waals surface area (Å²) in [5.74, 6) is 0.130. The minimum Gasteiger partial charge on any atom is -0.497 e. The first-order valence-corrected chi connectivity index (χ1v) is 11.3. The van der Waals surface area contributed by atoms with Gasteiger partial charge in [-0.2, -0.15) is 5.10 Å². The fourth-order valence-corrected chi connectivity index (χ4v) is 4.05. The molecule has 7 nitrogen and oxygen atoms in total. The van der Waals surface area contributed by atoms with Crippen LogP contribution in [0, 0.1) is 0 Å². The summed E-state index contributed by atoms with van der Waals surface area (Å²) >= 11 is 1.55. The largest absolute Gasteiger partial charge is 0.497 e. The molecule has 0 spiro atoms. The Morgan fingerprint density at radius 1 is 1.06 bits per heavy atom. The molecule has 4 rings (SSSR count). The third-order valence-electron chi connectivity index (χ3n) is 4.87. The predicted octanol–water partition coefficient (Wildman–Crippen LogP) is 4.97. The number of ether oxygens (including phenoxy) is 2. The van der Waals surface area contributed by atoms with E-state index >= 15 is 0 Å². The Balaban J connectivity index is 1.67. The first-order valence-electron chi connectivity index (χ1n) is 10.4. The van der Waals surface area contributed by atoms with Gasteiger partial charge in [0.2, 0.25) is 5.91 Å². The van der Waals surface area contributed by atoms with Crippen LogP contribution >= 0.6 is 11.3 Å². The average Bonchev–Trinajstić information content (AvgIpc) is 3.50. The second kappa shape index (κ2) is 10.1. The molecule has 0 aliphatic carbocycles. The number of methoxy groups -OCH3 is 1. The zero-order valence-corrected chi connectivity index (χ0v) is 19.1. The second-order valence-electron chi connectivity index (χ2n) is 7.13. The average molecular weight is 462 g/mol. The predicted molar refractivity (Wildman–Crippen MR) is 128 cm³/mol. The van der Waals surface area contributed by atoms with E-state index in [9.17, 15) is 9.59 Å². The summed E-state index contributed by atoms with van der Waals surface area (Å²) in [6.07, 6.45) is 0.318. The normalized spacial score (nSPS) is 10.6. The molecule has 2 heterocycles. The third kappa shape index (κ3) is 5.30. The van der Waals surface area contributed by atoms with Crippen molar-refractivity contribution in [2.75, 3.05) is 19.0 Å². The number of carbonyl (C=O) groups excluding carboxylic acids is 2. The van der Waals surface area contributed by atoms with Crippen molar-refractivity contribution < 1.29 is 19.1 Å². The molecule has 8 heteroatoms. The standard InChI is InChI=1S/C25H23N3O4S/c1-3-32-25(30)22-16-23(28(27-22)19-9-11-20(31-2)12-10-19)17-6-4-7-18(14-17)26-24(29)15-21-8-5-13-33-21/h4-14,16H,3,15H2,1-2H3,(H,26,29). The molecule has 1 N–H and O–H groups in total. The molecule has 0 atom stereocenters. The van der Waals surface area contributed by atoms with Gasteiger partial charge in [0.25, 0.3) is 0 Å². The van der Waals surface area contributed by atoms with Gasteiger partial charge in [-0.05, 0) is 60.8 Å². The van der Waals surface area contributed by atoms with Gasteiger partial charge < -0.3 is 14.8 Å². The van der Waals surface area contributed by atoms with Crippen LogP contribution < -0.4 is 10.1 Å². The van der Waals surface area contributed by atoms with Crippen molar-refractivity contribution in [3.05, 3.63) is 82.7 Å². The van der Waals surface area contributed by atoms with Gasteiger partial charge in [0.1, 0.15) is 5.75 Å². The van der Waals surface area contributed by atoms with Crippen molar-refractivity contribution >= 4 is 28.9 Å². The molecular formula is C25H23N3O4S. The number of amides is 1. The van der Waals surface area contributed by atoms with Gasteiger partial charge in [-0.3, -0.25) is 4.79 Å². The first kappa shape index (κ1) is 22.3. The van der Waals surface area contributed by atoms with E-state index in [1.807, 2.05) is 66.0 Å². The van der Waals surface area contributed by atoms with E-state index in [-0.39, 0.29) is 18.2 Å². The number of nitrogens with zero attached hydrogens (tertiary/aromatic N) is 2. The summed E-state index contributed by atoms with van der Waals surface area (Å²) < 4.78 is 12.1. The quantitative estimate of drug-likeness (QED) is 0.375. The summed E-state index contributed by atoms with van der Waals surface area (Å²) in [5, 5.41) is 9.38. The number of esters is 1. The van der Waals surface area contributed by atoms with Gasteiger partial charge in [-0.15, -0.1) is 11.3 Å². The van der Waals surface area contributed by atoms with Crippen LogP contribution in [0.2, 0.25) is 0 Å². The molecule has 0 aliphatic rings. The minimum atomic E-state index is -0.494.